The Morgan fingerprint density at radius 2 is 2.17 bits per heavy atom. The van der Waals surface area contributed by atoms with Gasteiger partial charge in [0.2, 0.25) is 11.8 Å². The minimum Gasteiger partial charge on any atom is -0.345 e. The Morgan fingerprint density at radius 3 is 2.83 bits per heavy atom. The van der Waals surface area contributed by atoms with Crippen LogP contribution in [0.25, 0.3) is 0 Å². The predicted molar refractivity (Wildman–Crippen MR) is 77.9 cm³/mol. The molecule has 0 saturated carbocycles. The smallest absolute Gasteiger partial charge is 0.246 e. The number of hydrogen-bond acceptors (Lipinski definition) is 7. The van der Waals surface area contributed by atoms with Crippen LogP contribution >= 0.6 is 0 Å². The molecule has 2 aromatic heterocycles. The van der Waals surface area contributed by atoms with Gasteiger partial charge in [-0.2, -0.15) is 4.98 Å². The van der Waals surface area contributed by atoms with Crippen LogP contribution in [0.5, 0.6) is 0 Å². The molecule has 9 nitrogen and oxygen atoms in total. The molecule has 0 aliphatic heterocycles. The van der Waals surface area contributed by atoms with E-state index in [1.165, 1.54) is 11.0 Å². The van der Waals surface area contributed by atoms with E-state index in [1.54, 1.807) is 6.92 Å². The van der Waals surface area contributed by atoms with Crippen molar-refractivity contribution in [2.24, 2.45) is 0 Å². The first-order valence-corrected chi connectivity index (χ1v) is 7.05. The minimum absolute atomic E-state index is 0.160. The fourth-order valence-corrected chi connectivity index (χ4v) is 2.15. The van der Waals surface area contributed by atoms with Crippen molar-refractivity contribution in [3.8, 4) is 0 Å². The summed E-state index contributed by atoms with van der Waals surface area (Å²) in [6, 6.07) is 9.11. The SMILES string of the molecule is Cc1noc(CNC(=O)C(Cc2ccccc2)n2cnnn2)n1. The third kappa shape index (κ3) is 3.76. The Hall–Kier alpha value is -3.10. The summed E-state index contributed by atoms with van der Waals surface area (Å²) in [6.07, 6.45) is 1.89. The molecule has 0 aliphatic carbocycles. The molecule has 1 amide bonds. The van der Waals surface area contributed by atoms with E-state index in [0.29, 0.717) is 18.1 Å². The fourth-order valence-electron chi connectivity index (χ4n) is 2.15. The summed E-state index contributed by atoms with van der Waals surface area (Å²) in [5, 5.41) is 17.5. The van der Waals surface area contributed by atoms with E-state index in [0.717, 1.165) is 5.56 Å². The highest BCUT2D eigenvalue weighted by molar-refractivity contribution is 5.80. The molecule has 1 aromatic carbocycles. The Morgan fingerprint density at radius 1 is 1.35 bits per heavy atom. The molecule has 3 aromatic rings. The van der Waals surface area contributed by atoms with E-state index in [9.17, 15) is 4.79 Å². The maximum atomic E-state index is 12.5. The second kappa shape index (κ2) is 6.77. The van der Waals surface area contributed by atoms with Crippen LogP contribution in [0.1, 0.15) is 23.3 Å². The number of aryl methyl sites for hydroxylation is 1. The predicted octanol–water partition coefficient (Wildman–Crippen LogP) is 0.465. The summed E-state index contributed by atoms with van der Waals surface area (Å²) >= 11 is 0. The van der Waals surface area contributed by atoms with Crippen LogP contribution in [0, 0.1) is 6.92 Å². The van der Waals surface area contributed by atoms with Crippen LogP contribution in [0.4, 0.5) is 0 Å². The molecule has 0 aliphatic rings. The van der Waals surface area contributed by atoms with E-state index in [4.69, 9.17) is 4.52 Å². The first-order valence-electron chi connectivity index (χ1n) is 7.05. The van der Waals surface area contributed by atoms with E-state index in [1.807, 2.05) is 30.3 Å². The Labute approximate surface area is 131 Å². The molecule has 118 valence electrons. The van der Waals surface area contributed by atoms with Gasteiger partial charge in [-0.15, -0.1) is 5.10 Å². The number of nitrogens with one attached hydrogen (secondary N) is 1. The monoisotopic (exact) mass is 313 g/mol. The molecule has 1 N–H and O–H groups in total. The van der Waals surface area contributed by atoms with Gasteiger partial charge in [0.05, 0.1) is 6.54 Å². The molecule has 0 spiro atoms. The highest BCUT2D eigenvalue weighted by Gasteiger charge is 2.22. The van der Waals surface area contributed by atoms with Crippen LogP contribution < -0.4 is 5.32 Å². The summed E-state index contributed by atoms with van der Waals surface area (Å²) in [5.41, 5.74) is 1.01. The van der Waals surface area contributed by atoms with Crippen molar-refractivity contribution in [1.29, 1.82) is 0 Å². The average Bonchev–Trinajstić information content (AvgIpc) is 3.23. The summed E-state index contributed by atoms with van der Waals surface area (Å²) in [5.74, 6) is 0.651. The zero-order valence-electron chi connectivity index (χ0n) is 12.5. The van der Waals surface area contributed by atoms with Gasteiger partial charge in [-0.05, 0) is 22.9 Å². The van der Waals surface area contributed by atoms with E-state index >= 15 is 0 Å². The Bertz CT molecular complexity index is 755. The van der Waals surface area contributed by atoms with Gasteiger partial charge in [-0.3, -0.25) is 4.79 Å². The van der Waals surface area contributed by atoms with E-state index < -0.39 is 6.04 Å². The van der Waals surface area contributed by atoms with Gasteiger partial charge in [-0.25, -0.2) is 4.68 Å². The first-order chi connectivity index (χ1) is 11.2. The van der Waals surface area contributed by atoms with Gasteiger partial charge in [-0.1, -0.05) is 35.5 Å². The molecule has 3 rings (SSSR count). The molecular weight excluding hydrogens is 298 g/mol. The summed E-state index contributed by atoms with van der Waals surface area (Å²) in [6.45, 7) is 1.88. The zero-order chi connectivity index (χ0) is 16.1. The largest absolute Gasteiger partial charge is 0.345 e. The molecular formula is C14H15N7O2. The lowest BCUT2D eigenvalue weighted by Gasteiger charge is -2.15. The number of aromatic nitrogens is 6. The number of hydrogen-bond donors (Lipinski definition) is 1. The second-order valence-electron chi connectivity index (χ2n) is 4.95. The van der Waals surface area contributed by atoms with Crippen molar-refractivity contribution in [3.63, 3.8) is 0 Å². The zero-order valence-corrected chi connectivity index (χ0v) is 12.5. The van der Waals surface area contributed by atoms with E-state index in [2.05, 4.69) is 31.0 Å². The standard InChI is InChI=1S/C14H15N7O2/c1-10-17-13(23-18-10)8-15-14(22)12(21-9-16-19-20-21)7-11-5-3-2-4-6-11/h2-6,9,12H,7-8H2,1H3,(H,15,22). The number of benzene rings is 1. The first kappa shape index (κ1) is 14.8. The second-order valence-corrected chi connectivity index (χ2v) is 4.95. The molecule has 0 saturated heterocycles. The normalized spacial score (nSPS) is 12.0. The number of tetrazole rings is 1. The van der Waals surface area contributed by atoms with Gasteiger partial charge in [0.15, 0.2) is 5.82 Å². The van der Waals surface area contributed by atoms with Crippen molar-refractivity contribution >= 4 is 5.91 Å². The minimum atomic E-state index is -0.559. The molecule has 0 radical (unpaired) electrons. The lowest BCUT2D eigenvalue weighted by molar-refractivity contribution is -0.124. The number of nitrogens with zero attached hydrogens (tertiary/aromatic N) is 6. The highest BCUT2D eigenvalue weighted by atomic mass is 16.5. The molecule has 23 heavy (non-hydrogen) atoms. The summed E-state index contributed by atoms with van der Waals surface area (Å²) in [4.78, 5) is 16.6. The molecule has 0 bridgehead atoms. The lowest BCUT2D eigenvalue weighted by Crippen LogP contribution is -2.34. The van der Waals surface area contributed by atoms with Crippen molar-refractivity contribution in [2.45, 2.75) is 25.9 Å². The fraction of sp³-hybridized carbons (Fsp3) is 0.286. The highest BCUT2D eigenvalue weighted by Crippen LogP contribution is 2.13. The van der Waals surface area contributed by atoms with Crippen molar-refractivity contribution < 1.29 is 9.32 Å². The van der Waals surface area contributed by atoms with Gasteiger partial charge >= 0.3 is 0 Å². The maximum absolute atomic E-state index is 12.5. The molecule has 9 heteroatoms. The average molecular weight is 313 g/mol. The summed E-state index contributed by atoms with van der Waals surface area (Å²) in [7, 11) is 0. The summed E-state index contributed by atoms with van der Waals surface area (Å²) < 4.78 is 6.41. The Balaban J connectivity index is 1.71. The maximum Gasteiger partial charge on any atom is 0.246 e. The molecule has 0 fully saturated rings. The van der Waals surface area contributed by atoms with Crippen LogP contribution in [-0.2, 0) is 17.8 Å². The van der Waals surface area contributed by atoms with Crippen molar-refractivity contribution in [1.82, 2.24) is 35.7 Å². The van der Waals surface area contributed by atoms with Crippen LogP contribution in [0.2, 0.25) is 0 Å². The lowest BCUT2D eigenvalue weighted by atomic mass is 10.1. The number of amides is 1. The van der Waals surface area contributed by atoms with Crippen LogP contribution in [0.3, 0.4) is 0 Å². The number of carbonyl (C=O) groups is 1. The topological polar surface area (TPSA) is 112 Å². The van der Waals surface area contributed by atoms with Gasteiger partial charge < -0.3 is 9.84 Å². The van der Waals surface area contributed by atoms with Crippen molar-refractivity contribution in [3.05, 3.63) is 53.9 Å². The molecule has 2 heterocycles. The number of rotatable bonds is 6. The van der Waals surface area contributed by atoms with Gasteiger partial charge in [0, 0.05) is 6.42 Å². The van der Waals surface area contributed by atoms with Crippen LogP contribution in [0.15, 0.2) is 41.2 Å². The Kier molecular flexibility index (Phi) is 4.37. The van der Waals surface area contributed by atoms with Gasteiger partial charge in [0.25, 0.3) is 0 Å². The molecule has 1 atom stereocenters. The third-order valence-corrected chi connectivity index (χ3v) is 3.24. The van der Waals surface area contributed by atoms with Crippen LogP contribution in [-0.4, -0.2) is 36.3 Å². The third-order valence-electron chi connectivity index (χ3n) is 3.24. The number of carbonyl (C=O) groups excluding carboxylic acids is 1. The quantitative estimate of drug-likeness (QED) is 0.703. The van der Waals surface area contributed by atoms with E-state index in [-0.39, 0.29) is 12.5 Å². The molecule has 1 unspecified atom stereocenters. The van der Waals surface area contributed by atoms with Gasteiger partial charge in [0.1, 0.15) is 12.4 Å². The van der Waals surface area contributed by atoms with Crippen molar-refractivity contribution in [2.75, 3.05) is 0 Å².